The highest BCUT2D eigenvalue weighted by atomic mass is 32.1. The van der Waals surface area contributed by atoms with Crippen LogP contribution in [0.3, 0.4) is 0 Å². The average molecular weight is 358 g/mol. The third-order valence-corrected chi connectivity index (χ3v) is 6.17. The van der Waals surface area contributed by atoms with Gasteiger partial charge in [0.25, 0.3) is 0 Å². The molecular formula is C19H19FN2O2S. The van der Waals surface area contributed by atoms with Gasteiger partial charge < -0.3 is 9.80 Å². The molecule has 25 heavy (non-hydrogen) atoms. The molecule has 6 heteroatoms. The van der Waals surface area contributed by atoms with E-state index in [9.17, 15) is 14.0 Å². The van der Waals surface area contributed by atoms with E-state index in [0.717, 1.165) is 6.42 Å². The number of hydrogen-bond donors (Lipinski definition) is 0. The number of anilines is 1. The molecule has 0 spiro atoms. The Morgan fingerprint density at radius 1 is 1.28 bits per heavy atom. The Hall–Kier alpha value is -2.21. The number of rotatable bonds is 2. The molecule has 1 aromatic carbocycles. The van der Waals surface area contributed by atoms with Crippen LogP contribution < -0.4 is 4.90 Å². The van der Waals surface area contributed by atoms with Crippen LogP contribution in [0.4, 0.5) is 10.1 Å². The van der Waals surface area contributed by atoms with Crippen molar-refractivity contribution in [3.63, 3.8) is 0 Å². The van der Waals surface area contributed by atoms with Gasteiger partial charge in [0.15, 0.2) is 0 Å². The summed E-state index contributed by atoms with van der Waals surface area (Å²) < 4.78 is 14.0. The minimum Gasteiger partial charge on any atom is -0.335 e. The van der Waals surface area contributed by atoms with E-state index in [0.29, 0.717) is 6.54 Å². The molecule has 2 amide bonds. The summed E-state index contributed by atoms with van der Waals surface area (Å²) in [6, 6.07) is 8.32. The molecule has 2 aromatic rings. The summed E-state index contributed by atoms with van der Waals surface area (Å²) in [6.45, 7) is 2.96. The summed E-state index contributed by atoms with van der Waals surface area (Å²) in [5.74, 6) is -1.03. The molecule has 0 aliphatic carbocycles. The highest BCUT2D eigenvalue weighted by Crippen LogP contribution is 2.35. The van der Waals surface area contributed by atoms with Gasteiger partial charge in [0, 0.05) is 24.4 Å². The molecule has 4 rings (SSSR count). The van der Waals surface area contributed by atoms with Crippen molar-refractivity contribution in [2.75, 3.05) is 18.0 Å². The molecule has 2 atom stereocenters. The fourth-order valence-corrected chi connectivity index (χ4v) is 4.78. The lowest BCUT2D eigenvalue weighted by atomic mass is 9.98. The summed E-state index contributed by atoms with van der Waals surface area (Å²) in [4.78, 5) is 30.0. The molecule has 3 heterocycles. The predicted molar refractivity (Wildman–Crippen MR) is 95.0 cm³/mol. The van der Waals surface area contributed by atoms with Crippen molar-refractivity contribution in [3.8, 4) is 0 Å². The smallest absolute Gasteiger partial charge is 0.228 e. The maximum Gasteiger partial charge on any atom is 0.228 e. The van der Waals surface area contributed by atoms with Gasteiger partial charge >= 0.3 is 0 Å². The van der Waals surface area contributed by atoms with Crippen molar-refractivity contribution in [2.45, 2.75) is 25.8 Å². The molecule has 0 radical (unpaired) electrons. The summed E-state index contributed by atoms with van der Waals surface area (Å²) in [6.07, 6.45) is 1.01. The number of thiophene rings is 1. The molecular weight excluding hydrogens is 339 g/mol. The molecule has 0 bridgehead atoms. The number of amides is 2. The molecule has 0 N–H and O–H groups in total. The predicted octanol–water partition coefficient (Wildman–Crippen LogP) is 3.39. The van der Waals surface area contributed by atoms with Crippen LogP contribution in [0.2, 0.25) is 0 Å². The summed E-state index contributed by atoms with van der Waals surface area (Å²) >= 11 is 1.73. The molecule has 1 aromatic heterocycles. The number of fused-ring (bicyclic) bond motifs is 1. The number of carbonyl (C=O) groups excluding carboxylic acids is 2. The fourth-order valence-electron chi connectivity index (χ4n) is 3.82. The van der Waals surface area contributed by atoms with Crippen molar-refractivity contribution < 1.29 is 14.0 Å². The van der Waals surface area contributed by atoms with E-state index in [-0.39, 0.29) is 36.5 Å². The topological polar surface area (TPSA) is 40.6 Å². The highest BCUT2D eigenvalue weighted by Gasteiger charge is 2.40. The van der Waals surface area contributed by atoms with Crippen LogP contribution in [0.15, 0.2) is 35.7 Å². The lowest BCUT2D eigenvalue weighted by Gasteiger charge is -2.35. The molecule has 1 saturated heterocycles. The van der Waals surface area contributed by atoms with Crippen molar-refractivity contribution in [3.05, 3.63) is 52.0 Å². The molecule has 2 aliphatic heterocycles. The summed E-state index contributed by atoms with van der Waals surface area (Å²) in [5, 5.41) is 2.06. The first-order valence-electron chi connectivity index (χ1n) is 8.48. The normalized spacial score (nSPS) is 23.0. The van der Waals surface area contributed by atoms with Crippen molar-refractivity contribution in [1.29, 1.82) is 0 Å². The van der Waals surface area contributed by atoms with Gasteiger partial charge in [0.2, 0.25) is 11.8 Å². The molecule has 130 valence electrons. The van der Waals surface area contributed by atoms with Crippen LogP contribution in [0.1, 0.15) is 29.8 Å². The van der Waals surface area contributed by atoms with Gasteiger partial charge in [-0.3, -0.25) is 9.59 Å². The quantitative estimate of drug-likeness (QED) is 0.826. The fraction of sp³-hybridized carbons (Fsp3) is 0.368. The molecule has 0 unspecified atom stereocenters. The van der Waals surface area contributed by atoms with E-state index < -0.39 is 11.7 Å². The van der Waals surface area contributed by atoms with E-state index in [4.69, 9.17) is 0 Å². The minimum atomic E-state index is -0.432. The van der Waals surface area contributed by atoms with Gasteiger partial charge in [0.05, 0.1) is 17.6 Å². The van der Waals surface area contributed by atoms with Gasteiger partial charge in [-0.15, -0.1) is 11.3 Å². The van der Waals surface area contributed by atoms with Gasteiger partial charge in [-0.2, -0.15) is 0 Å². The first-order chi connectivity index (χ1) is 12.1. The van der Waals surface area contributed by atoms with E-state index in [1.165, 1.54) is 21.4 Å². The zero-order valence-electron chi connectivity index (χ0n) is 13.9. The number of carbonyl (C=O) groups is 2. The Balaban J connectivity index is 1.53. The second kappa shape index (κ2) is 6.26. The van der Waals surface area contributed by atoms with Crippen LogP contribution in [-0.2, 0) is 16.0 Å². The number of benzene rings is 1. The van der Waals surface area contributed by atoms with E-state index >= 15 is 0 Å². The number of hydrogen-bond acceptors (Lipinski definition) is 3. The third kappa shape index (κ3) is 2.74. The SMILES string of the molecule is C[C@H]1c2ccsc2CCN1C(=O)[C@@H]1CC(=O)N(c2ccccc2F)C1. The summed E-state index contributed by atoms with van der Waals surface area (Å²) in [7, 11) is 0. The van der Waals surface area contributed by atoms with Gasteiger partial charge in [-0.1, -0.05) is 12.1 Å². The lowest BCUT2D eigenvalue weighted by molar-refractivity contribution is -0.138. The van der Waals surface area contributed by atoms with Crippen molar-refractivity contribution in [1.82, 2.24) is 4.90 Å². The monoisotopic (exact) mass is 358 g/mol. The maximum absolute atomic E-state index is 14.0. The highest BCUT2D eigenvalue weighted by molar-refractivity contribution is 7.10. The van der Waals surface area contributed by atoms with E-state index in [1.54, 1.807) is 29.5 Å². The standard InChI is InChI=1S/C19H19FN2O2S/c1-12-14-7-9-25-17(14)6-8-21(12)19(24)13-10-18(23)22(11-13)16-5-3-2-4-15(16)20/h2-5,7,9,12-13H,6,8,10-11H2,1H3/t12-,13+/m0/s1. The zero-order valence-corrected chi connectivity index (χ0v) is 14.8. The van der Waals surface area contributed by atoms with Gasteiger partial charge in [0.1, 0.15) is 5.82 Å². The van der Waals surface area contributed by atoms with Crippen LogP contribution in [0.5, 0.6) is 0 Å². The Kier molecular flexibility index (Phi) is 4.07. The van der Waals surface area contributed by atoms with Crippen molar-refractivity contribution >= 4 is 28.8 Å². The second-order valence-electron chi connectivity index (χ2n) is 6.61. The molecule has 1 fully saturated rings. The average Bonchev–Trinajstić information content (AvgIpc) is 3.22. The van der Waals surface area contributed by atoms with Crippen LogP contribution >= 0.6 is 11.3 Å². The number of para-hydroxylation sites is 1. The van der Waals surface area contributed by atoms with Crippen LogP contribution in [0.25, 0.3) is 0 Å². The van der Waals surface area contributed by atoms with Gasteiger partial charge in [-0.05, 0) is 42.5 Å². The number of halogens is 1. The second-order valence-corrected chi connectivity index (χ2v) is 7.61. The Morgan fingerprint density at radius 2 is 2.08 bits per heavy atom. The Morgan fingerprint density at radius 3 is 2.88 bits per heavy atom. The van der Waals surface area contributed by atoms with Crippen LogP contribution in [0, 0.1) is 11.7 Å². The van der Waals surface area contributed by atoms with Gasteiger partial charge in [-0.25, -0.2) is 4.39 Å². The molecule has 4 nitrogen and oxygen atoms in total. The van der Waals surface area contributed by atoms with Crippen molar-refractivity contribution in [2.24, 2.45) is 5.92 Å². The molecule has 0 saturated carbocycles. The Bertz CT molecular complexity index is 834. The Labute approximate surface area is 149 Å². The number of nitrogens with zero attached hydrogens (tertiary/aromatic N) is 2. The zero-order chi connectivity index (χ0) is 17.6. The largest absolute Gasteiger partial charge is 0.335 e. The maximum atomic E-state index is 14.0. The first-order valence-corrected chi connectivity index (χ1v) is 9.36. The third-order valence-electron chi connectivity index (χ3n) is 5.18. The van der Waals surface area contributed by atoms with E-state index in [2.05, 4.69) is 11.4 Å². The lowest BCUT2D eigenvalue weighted by Crippen LogP contribution is -2.42. The van der Waals surface area contributed by atoms with Crippen LogP contribution in [-0.4, -0.2) is 29.8 Å². The minimum absolute atomic E-state index is 0.00320. The molecule has 2 aliphatic rings. The van der Waals surface area contributed by atoms with E-state index in [1.807, 2.05) is 11.8 Å². The summed E-state index contributed by atoms with van der Waals surface area (Å²) in [5.41, 5.74) is 1.47. The first kappa shape index (κ1) is 16.3.